The van der Waals surface area contributed by atoms with E-state index in [2.05, 4.69) is 27.2 Å². The van der Waals surface area contributed by atoms with Crippen LogP contribution in [0, 0.1) is 0 Å². The average molecular weight is 546 g/mol. The molecule has 38 heavy (non-hydrogen) atoms. The van der Waals surface area contributed by atoms with Gasteiger partial charge in [0.25, 0.3) is 0 Å². The van der Waals surface area contributed by atoms with Crippen molar-refractivity contribution in [2.75, 3.05) is 25.5 Å². The van der Waals surface area contributed by atoms with E-state index in [4.69, 9.17) is 10.8 Å². The first-order valence-corrected chi connectivity index (χ1v) is 13.0. The number of aromatic nitrogens is 2. The lowest BCUT2D eigenvalue weighted by atomic mass is 10.1. The summed E-state index contributed by atoms with van der Waals surface area (Å²) in [7, 11) is 1.12. The predicted octanol–water partition coefficient (Wildman–Crippen LogP) is 3.91. The van der Waals surface area contributed by atoms with Crippen molar-refractivity contribution in [3.05, 3.63) is 66.4 Å². The normalized spacial score (nSPS) is 15.2. The monoisotopic (exact) mass is 545 g/mol. The highest BCUT2D eigenvalue weighted by molar-refractivity contribution is 7.85. The number of aliphatic carboxylic acids is 1. The van der Waals surface area contributed by atoms with E-state index in [1.807, 2.05) is 30.3 Å². The Kier molecular flexibility index (Phi) is 9.59. The summed E-state index contributed by atoms with van der Waals surface area (Å²) >= 11 is 0. The molecule has 0 radical (unpaired) electrons. The van der Waals surface area contributed by atoms with Crippen LogP contribution in [0.25, 0.3) is 11.3 Å². The summed E-state index contributed by atoms with van der Waals surface area (Å²) in [5, 5.41) is 10.8. The molecule has 12 heteroatoms. The van der Waals surface area contributed by atoms with Crippen LogP contribution in [-0.2, 0) is 15.6 Å². The number of carboxylic acids is 1. The van der Waals surface area contributed by atoms with Crippen LogP contribution >= 0.6 is 0 Å². The van der Waals surface area contributed by atoms with E-state index in [0.29, 0.717) is 18.4 Å². The molecule has 1 aliphatic heterocycles. The molecular weight excluding hydrogens is 516 g/mol. The summed E-state index contributed by atoms with van der Waals surface area (Å²) in [6.45, 7) is 2.32. The number of nitrogens with one attached hydrogen (secondary N) is 1. The lowest BCUT2D eigenvalue weighted by Gasteiger charge is -2.28. The number of carbonyl (C=O) groups excluding carboxylic acids is 1. The van der Waals surface area contributed by atoms with E-state index in [-0.39, 0.29) is 5.25 Å². The van der Waals surface area contributed by atoms with E-state index in [1.54, 1.807) is 30.5 Å². The molecule has 1 amide bonds. The number of carbonyl (C=O) groups is 2. The number of amides is 1. The van der Waals surface area contributed by atoms with Crippen molar-refractivity contribution >= 4 is 34.3 Å². The van der Waals surface area contributed by atoms with Crippen molar-refractivity contribution < 1.29 is 27.7 Å². The molecule has 0 bridgehead atoms. The number of nitrogens with two attached hydrogens (primary N) is 1. The highest BCUT2D eigenvalue weighted by Crippen LogP contribution is 2.24. The molecule has 0 saturated carbocycles. The van der Waals surface area contributed by atoms with Crippen molar-refractivity contribution in [1.82, 2.24) is 14.9 Å². The maximum Gasteiger partial charge on any atom is 0.374 e. The average Bonchev–Trinajstić information content (AvgIpc) is 2.89. The lowest BCUT2D eigenvalue weighted by molar-refractivity contribution is -0.161. The van der Waals surface area contributed by atoms with Gasteiger partial charge in [0.1, 0.15) is 0 Å². The number of hydrogen-bond acceptors (Lipinski definition) is 7. The molecular formula is C26H29F2N5O4S. The van der Waals surface area contributed by atoms with Gasteiger partial charge in [-0.2, -0.15) is 8.78 Å². The third-order valence-electron chi connectivity index (χ3n) is 5.81. The summed E-state index contributed by atoms with van der Waals surface area (Å²) < 4.78 is 35.4. The fourth-order valence-corrected chi connectivity index (χ4v) is 5.01. The molecule has 1 aliphatic rings. The SMILES string of the molecule is CC(F)(F)C(=O)O.CN1CCC(S(=O)c2ccc(-c3ccnc(Nc4ccc(C(N)=O)cc4)n3)cc2)CC1. The van der Waals surface area contributed by atoms with Crippen molar-refractivity contribution in [2.24, 2.45) is 5.73 Å². The second-order valence-corrected chi connectivity index (χ2v) is 10.6. The van der Waals surface area contributed by atoms with Crippen LogP contribution in [0.15, 0.2) is 65.7 Å². The predicted molar refractivity (Wildman–Crippen MR) is 141 cm³/mol. The van der Waals surface area contributed by atoms with E-state index < -0.39 is 28.6 Å². The van der Waals surface area contributed by atoms with Crippen LogP contribution in [-0.4, -0.2) is 67.4 Å². The quantitative estimate of drug-likeness (QED) is 0.406. The molecule has 0 spiro atoms. The Hall–Kier alpha value is -3.77. The number of hydrogen-bond donors (Lipinski definition) is 3. The number of halogens is 2. The molecule has 1 saturated heterocycles. The first-order chi connectivity index (χ1) is 17.9. The molecule has 1 unspecified atom stereocenters. The van der Waals surface area contributed by atoms with Gasteiger partial charge in [-0.25, -0.2) is 14.8 Å². The number of carboxylic acid groups (broad SMARTS) is 1. The standard InChI is InChI=1S/C23H25N5O2S.C3H4F2O2/c1-28-14-11-20(12-15-28)31(30)19-8-4-16(5-9-19)21-10-13-25-23(27-21)26-18-6-2-17(3-7-18)22(24)29;1-3(4,5)2(6)7/h2-10,13,20H,11-12,14-15H2,1H3,(H2,24,29)(H,25,26,27);1H3,(H,6,7). The van der Waals surface area contributed by atoms with E-state index in [0.717, 1.165) is 47.8 Å². The Morgan fingerprint density at radius 1 is 1.08 bits per heavy atom. The van der Waals surface area contributed by atoms with Crippen LogP contribution in [0.4, 0.5) is 20.4 Å². The fourth-order valence-electron chi connectivity index (χ4n) is 3.58. The van der Waals surface area contributed by atoms with Crippen LogP contribution < -0.4 is 11.1 Å². The number of piperidine rings is 1. The Labute approximate surface area is 221 Å². The second-order valence-electron chi connectivity index (χ2n) is 8.85. The number of nitrogens with zero attached hydrogens (tertiary/aromatic N) is 3. The minimum Gasteiger partial charge on any atom is -0.477 e. The first kappa shape index (κ1) is 28.8. The Bertz CT molecular complexity index is 1280. The smallest absolute Gasteiger partial charge is 0.374 e. The first-order valence-electron chi connectivity index (χ1n) is 11.7. The maximum atomic E-state index is 12.9. The minimum absolute atomic E-state index is 0.220. The third-order valence-corrected chi connectivity index (χ3v) is 7.62. The summed E-state index contributed by atoms with van der Waals surface area (Å²) in [5.41, 5.74) is 8.17. The van der Waals surface area contributed by atoms with Crippen molar-refractivity contribution in [1.29, 1.82) is 0 Å². The number of rotatable bonds is 7. The molecule has 2 heterocycles. The molecule has 1 fully saturated rings. The van der Waals surface area contributed by atoms with Gasteiger partial charge in [0.2, 0.25) is 11.9 Å². The van der Waals surface area contributed by atoms with Crippen LogP contribution in [0.2, 0.25) is 0 Å². The minimum atomic E-state index is -3.58. The molecule has 0 aliphatic carbocycles. The molecule has 4 N–H and O–H groups in total. The zero-order valence-corrected chi connectivity index (χ0v) is 21.8. The molecule has 202 valence electrons. The van der Waals surface area contributed by atoms with Gasteiger partial charge >= 0.3 is 11.9 Å². The van der Waals surface area contributed by atoms with Crippen LogP contribution in [0.1, 0.15) is 30.1 Å². The van der Waals surface area contributed by atoms with Crippen molar-refractivity contribution in [3.8, 4) is 11.3 Å². The third kappa shape index (κ3) is 8.12. The largest absolute Gasteiger partial charge is 0.477 e. The molecule has 2 aromatic carbocycles. The van der Waals surface area contributed by atoms with Gasteiger partial charge in [0.05, 0.1) is 16.5 Å². The molecule has 4 rings (SSSR count). The summed E-state index contributed by atoms with van der Waals surface area (Å²) in [4.78, 5) is 32.4. The number of primary amides is 1. The fraction of sp³-hybridized carbons (Fsp3) is 0.308. The number of alkyl halides is 2. The van der Waals surface area contributed by atoms with Crippen molar-refractivity contribution in [2.45, 2.75) is 35.8 Å². The lowest BCUT2D eigenvalue weighted by Crippen LogP contribution is -2.34. The van der Waals surface area contributed by atoms with E-state index in [1.165, 1.54) is 0 Å². The molecule has 9 nitrogen and oxygen atoms in total. The molecule has 1 aromatic heterocycles. The van der Waals surface area contributed by atoms with Crippen LogP contribution in [0.3, 0.4) is 0 Å². The zero-order chi connectivity index (χ0) is 27.9. The van der Waals surface area contributed by atoms with E-state index in [9.17, 15) is 22.6 Å². The Morgan fingerprint density at radius 2 is 1.66 bits per heavy atom. The van der Waals surface area contributed by atoms with E-state index >= 15 is 0 Å². The summed E-state index contributed by atoms with van der Waals surface area (Å²) in [5.74, 6) is -5.69. The molecule has 3 aromatic rings. The van der Waals surface area contributed by atoms with Gasteiger partial charge in [-0.15, -0.1) is 0 Å². The summed E-state index contributed by atoms with van der Waals surface area (Å²) in [6, 6.07) is 16.4. The Morgan fingerprint density at radius 3 is 2.18 bits per heavy atom. The van der Waals surface area contributed by atoms with Gasteiger partial charge in [-0.05, 0) is 75.4 Å². The molecule has 1 atom stereocenters. The number of benzene rings is 2. The van der Waals surface area contributed by atoms with Gasteiger partial charge in [0, 0.05) is 40.1 Å². The zero-order valence-electron chi connectivity index (χ0n) is 20.9. The van der Waals surface area contributed by atoms with Gasteiger partial charge in [-0.3, -0.25) is 9.00 Å². The number of likely N-dealkylation sites (tertiary alicyclic amines) is 1. The highest BCUT2D eigenvalue weighted by atomic mass is 32.2. The second kappa shape index (κ2) is 12.7. The number of anilines is 2. The summed E-state index contributed by atoms with van der Waals surface area (Å²) in [6.07, 6.45) is 3.62. The Balaban J connectivity index is 0.000000505. The topological polar surface area (TPSA) is 139 Å². The van der Waals surface area contributed by atoms with Gasteiger partial charge < -0.3 is 21.1 Å². The van der Waals surface area contributed by atoms with Crippen LogP contribution in [0.5, 0.6) is 0 Å². The maximum absolute atomic E-state index is 12.9. The van der Waals surface area contributed by atoms with Crippen molar-refractivity contribution in [3.63, 3.8) is 0 Å². The highest BCUT2D eigenvalue weighted by Gasteiger charge is 2.31. The van der Waals surface area contributed by atoms with Gasteiger partial charge in [-0.1, -0.05) is 12.1 Å². The van der Waals surface area contributed by atoms with Gasteiger partial charge in [0.15, 0.2) is 0 Å².